The van der Waals surface area contributed by atoms with E-state index in [2.05, 4.69) is 5.10 Å². The molecule has 13 heavy (non-hydrogen) atoms. The van der Waals surface area contributed by atoms with Crippen molar-refractivity contribution < 1.29 is 8.42 Å². The van der Waals surface area contributed by atoms with E-state index < -0.39 is 9.05 Å². The molecule has 4 nitrogen and oxygen atoms in total. The predicted molar refractivity (Wildman–Crippen MR) is 50.4 cm³/mol. The van der Waals surface area contributed by atoms with Crippen LogP contribution in [0.25, 0.3) is 0 Å². The van der Waals surface area contributed by atoms with Gasteiger partial charge in [-0.05, 0) is 20.8 Å². The minimum atomic E-state index is -3.69. The van der Waals surface area contributed by atoms with E-state index in [4.69, 9.17) is 10.7 Å². The molecule has 0 aromatic carbocycles. The second-order valence-electron chi connectivity index (χ2n) is 3.11. The van der Waals surface area contributed by atoms with Crippen LogP contribution in [0.5, 0.6) is 0 Å². The first kappa shape index (κ1) is 10.5. The third-order valence-electron chi connectivity index (χ3n) is 1.64. The molecule has 1 rings (SSSR count). The predicted octanol–water partition coefficient (Wildman–Crippen LogP) is 1.70. The van der Waals surface area contributed by atoms with Gasteiger partial charge in [0.15, 0.2) is 5.03 Å². The summed E-state index contributed by atoms with van der Waals surface area (Å²) in [6, 6.07) is -0.0165. The van der Waals surface area contributed by atoms with Crippen LogP contribution < -0.4 is 0 Å². The third kappa shape index (κ3) is 2.03. The van der Waals surface area contributed by atoms with Gasteiger partial charge in [0.25, 0.3) is 9.05 Å². The molecule has 6 heteroatoms. The average molecular weight is 223 g/mol. The van der Waals surface area contributed by atoms with Gasteiger partial charge in [-0.3, -0.25) is 4.68 Å². The van der Waals surface area contributed by atoms with E-state index in [1.165, 1.54) is 10.9 Å². The first-order valence-electron chi connectivity index (χ1n) is 3.83. The van der Waals surface area contributed by atoms with E-state index in [1.54, 1.807) is 6.92 Å². The quantitative estimate of drug-likeness (QED) is 0.716. The summed E-state index contributed by atoms with van der Waals surface area (Å²) in [6.45, 7) is 5.36. The molecular weight excluding hydrogens is 212 g/mol. The van der Waals surface area contributed by atoms with Crippen LogP contribution >= 0.6 is 10.7 Å². The van der Waals surface area contributed by atoms with E-state index in [0.717, 1.165) is 0 Å². The Morgan fingerprint density at radius 2 is 2.08 bits per heavy atom. The first-order chi connectivity index (χ1) is 5.84. The van der Waals surface area contributed by atoms with Gasteiger partial charge in [0, 0.05) is 22.3 Å². The molecule has 0 bridgehead atoms. The summed E-state index contributed by atoms with van der Waals surface area (Å²) < 4.78 is 23.7. The zero-order valence-corrected chi connectivity index (χ0v) is 9.22. The van der Waals surface area contributed by atoms with Gasteiger partial charge >= 0.3 is 0 Å². The zero-order valence-electron chi connectivity index (χ0n) is 7.65. The number of halogens is 1. The molecule has 0 radical (unpaired) electrons. The molecule has 0 N–H and O–H groups in total. The number of rotatable bonds is 2. The number of aromatic nitrogens is 2. The van der Waals surface area contributed by atoms with Crippen LogP contribution in [-0.4, -0.2) is 18.2 Å². The maximum absolute atomic E-state index is 11.1. The standard InChI is InChI=1S/C7H11ClN2O2S/c1-5(2)10-7(13(8,11)12)6(3)4-9-10/h4-5H,1-3H3. The van der Waals surface area contributed by atoms with Crippen molar-refractivity contribution in [2.75, 3.05) is 0 Å². The van der Waals surface area contributed by atoms with Crippen molar-refractivity contribution in [1.82, 2.24) is 9.78 Å². The summed E-state index contributed by atoms with van der Waals surface area (Å²) in [5, 5.41) is 4.02. The Morgan fingerprint density at radius 3 is 2.38 bits per heavy atom. The zero-order chi connectivity index (χ0) is 10.2. The van der Waals surface area contributed by atoms with E-state index in [9.17, 15) is 8.42 Å². The molecular formula is C7H11ClN2O2S. The largest absolute Gasteiger partial charge is 0.278 e. The normalized spacial score (nSPS) is 12.4. The van der Waals surface area contributed by atoms with Gasteiger partial charge in [-0.15, -0.1) is 0 Å². The highest BCUT2D eigenvalue weighted by Gasteiger charge is 2.21. The van der Waals surface area contributed by atoms with Gasteiger partial charge in [-0.2, -0.15) is 5.10 Å². The molecule has 1 aromatic heterocycles. The summed E-state index contributed by atoms with van der Waals surface area (Å²) >= 11 is 0. The number of nitrogens with zero attached hydrogens (tertiary/aromatic N) is 2. The van der Waals surface area contributed by atoms with Crippen molar-refractivity contribution in [1.29, 1.82) is 0 Å². The Kier molecular flexibility index (Phi) is 2.68. The lowest BCUT2D eigenvalue weighted by molar-refractivity contribution is 0.480. The molecule has 0 amide bonds. The van der Waals surface area contributed by atoms with Crippen molar-refractivity contribution in [3.8, 4) is 0 Å². The summed E-state index contributed by atoms with van der Waals surface area (Å²) in [5.74, 6) is 0. The molecule has 1 aromatic rings. The molecule has 0 aliphatic heterocycles. The second-order valence-corrected chi connectivity index (χ2v) is 5.59. The van der Waals surface area contributed by atoms with Gasteiger partial charge in [0.2, 0.25) is 0 Å². The third-order valence-corrected chi connectivity index (χ3v) is 3.05. The lowest BCUT2D eigenvalue weighted by atomic mass is 10.4. The molecule has 0 atom stereocenters. The van der Waals surface area contributed by atoms with Crippen LogP contribution in [-0.2, 0) is 9.05 Å². The van der Waals surface area contributed by atoms with Crippen molar-refractivity contribution >= 4 is 19.7 Å². The van der Waals surface area contributed by atoms with Crippen LogP contribution in [0.2, 0.25) is 0 Å². The maximum Gasteiger partial charge on any atom is 0.278 e. The Balaban J connectivity index is 3.42. The van der Waals surface area contributed by atoms with Crippen LogP contribution in [0.1, 0.15) is 25.5 Å². The lowest BCUT2D eigenvalue weighted by Crippen LogP contribution is -2.09. The maximum atomic E-state index is 11.1. The van der Waals surface area contributed by atoms with Crippen molar-refractivity contribution in [2.24, 2.45) is 0 Å². The van der Waals surface area contributed by atoms with Crippen molar-refractivity contribution in [3.05, 3.63) is 11.8 Å². The van der Waals surface area contributed by atoms with Gasteiger partial charge in [0.05, 0.1) is 6.20 Å². The molecule has 0 aliphatic rings. The molecule has 74 valence electrons. The Morgan fingerprint density at radius 1 is 1.54 bits per heavy atom. The van der Waals surface area contributed by atoms with Gasteiger partial charge in [-0.1, -0.05) is 0 Å². The summed E-state index contributed by atoms with van der Waals surface area (Å²) in [5.41, 5.74) is 0.573. The fourth-order valence-electron chi connectivity index (χ4n) is 1.11. The summed E-state index contributed by atoms with van der Waals surface area (Å²) in [6.07, 6.45) is 1.50. The highest BCUT2D eigenvalue weighted by molar-refractivity contribution is 8.13. The Labute approximate surface area is 81.9 Å². The van der Waals surface area contributed by atoms with E-state index in [-0.39, 0.29) is 11.1 Å². The lowest BCUT2D eigenvalue weighted by Gasteiger charge is -2.08. The molecule has 0 spiro atoms. The number of hydrogen-bond donors (Lipinski definition) is 0. The van der Waals surface area contributed by atoms with Crippen LogP contribution in [0.15, 0.2) is 11.2 Å². The van der Waals surface area contributed by atoms with Gasteiger partial charge < -0.3 is 0 Å². The SMILES string of the molecule is Cc1cnn(C(C)C)c1S(=O)(=O)Cl. The minimum absolute atomic E-state index is 0.0165. The van der Waals surface area contributed by atoms with E-state index in [1.807, 2.05) is 13.8 Å². The topological polar surface area (TPSA) is 52.0 Å². The molecule has 0 saturated heterocycles. The smallest absolute Gasteiger partial charge is 0.250 e. The van der Waals surface area contributed by atoms with Crippen molar-refractivity contribution in [2.45, 2.75) is 31.8 Å². The van der Waals surface area contributed by atoms with Crippen molar-refractivity contribution in [3.63, 3.8) is 0 Å². The van der Waals surface area contributed by atoms with E-state index >= 15 is 0 Å². The molecule has 0 saturated carbocycles. The second kappa shape index (κ2) is 3.31. The number of aryl methyl sites for hydroxylation is 1. The first-order valence-corrected chi connectivity index (χ1v) is 6.13. The minimum Gasteiger partial charge on any atom is -0.250 e. The van der Waals surface area contributed by atoms with Crippen LogP contribution in [0.3, 0.4) is 0 Å². The number of hydrogen-bond acceptors (Lipinski definition) is 3. The van der Waals surface area contributed by atoms with Gasteiger partial charge in [-0.25, -0.2) is 8.42 Å². The summed E-state index contributed by atoms with van der Waals surface area (Å²) in [4.78, 5) is 0. The van der Waals surface area contributed by atoms with Gasteiger partial charge in [0.1, 0.15) is 0 Å². The highest BCUT2D eigenvalue weighted by atomic mass is 35.7. The average Bonchev–Trinajstić information content (AvgIpc) is 2.28. The van der Waals surface area contributed by atoms with Crippen LogP contribution in [0, 0.1) is 6.92 Å². The summed E-state index contributed by atoms with van der Waals surface area (Å²) in [7, 11) is 1.57. The Hall–Kier alpha value is -0.550. The molecule has 0 aliphatic carbocycles. The van der Waals surface area contributed by atoms with E-state index in [0.29, 0.717) is 5.56 Å². The molecule has 0 fully saturated rings. The highest BCUT2D eigenvalue weighted by Crippen LogP contribution is 2.21. The Bertz CT molecular complexity index is 408. The van der Waals surface area contributed by atoms with Crippen LogP contribution in [0.4, 0.5) is 0 Å². The fraction of sp³-hybridized carbons (Fsp3) is 0.571. The monoisotopic (exact) mass is 222 g/mol. The molecule has 0 unspecified atom stereocenters. The molecule has 1 heterocycles. The fourth-order valence-corrected chi connectivity index (χ4v) is 2.60.